The van der Waals surface area contributed by atoms with Crippen molar-refractivity contribution in [1.29, 1.82) is 0 Å². The van der Waals surface area contributed by atoms with Crippen LogP contribution in [0.25, 0.3) is 0 Å². The van der Waals surface area contributed by atoms with Crippen LogP contribution in [0, 0.1) is 0 Å². The molecule has 142 valence electrons. The third-order valence-corrected chi connectivity index (χ3v) is 5.63. The molecule has 0 aromatic heterocycles. The zero-order valence-corrected chi connectivity index (χ0v) is 16.7. The molecule has 0 aliphatic carbocycles. The van der Waals surface area contributed by atoms with Gasteiger partial charge in [-0.2, -0.15) is 0 Å². The quantitative estimate of drug-likeness (QED) is 0.438. The molecule has 1 saturated heterocycles. The van der Waals surface area contributed by atoms with Gasteiger partial charge in [-0.25, -0.2) is 0 Å². The molecule has 2 rings (SSSR count). The lowest BCUT2D eigenvalue weighted by molar-refractivity contribution is -0.128. The van der Waals surface area contributed by atoms with Gasteiger partial charge in [-0.15, -0.1) is 0 Å². The van der Waals surface area contributed by atoms with Crippen LogP contribution in [0.5, 0.6) is 0 Å². The van der Waals surface area contributed by atoms with Crippen molar-refractivity contribution in [3.05, 3.63) is 23.4 Å². The van der Waals surface area contributed by atoms with Crippen LogP contribution in [0.15, 0.2) is 28.4 Å². The monoisotopic (exact) mass is 368 g/mol. The van der Waals surface area contributed by atoms with E-state index < -0.39 is 10.8 Å². The summed E-state index contributed by atoms with van der Waals surface area (Å²) in [6.45, 7) is 9.21. The van der Waals surface area contributed by atoms with Crippen LogP contribution in [0.4, 0.5) is 0 Å². The summed E-state index contributed by atoms with van der Waals surface area (Å²) in [5.74, 6) is 1.97. The van der Waals surface area contributed by atoms with Crippen molar-refractivity contribution in [2.24, 2.45) is 10.7 Å². The van der Waals surface area contributed by atoms with E-state index in [-0.39, 0.29) is 11.9 Å². The molecule has 6 nitrogen and oxygen atoms in total. The fourth-order valence-corrected chi connectivity index (χ4v) is 4.22. The van der Waals surface area contributed by atoms with Crippen LogP contribution in [0.1, 0.15) is 40.5 Å². The van der Waals surface area contributed by atoms with Gasteiger partial charge in [-0.1, -0.05) is 26.0 Å². The van der Waals surface area contributed by atoms with Gasteiger partial charge in [-0.05, 0) is 13.3 Å². The summed E-state index contributed by atoms with van der Waals surface area (Å²) in [5, 5.41) is 3.50. The highest BCUT2D eigenvalue weighted by molar-refractivity contribution is 7.85. The molecule has 25 heavy (non-hydrogen) atoms. The van der Waals surface area contributed by atoms with Gasteiger partial charge < -0.3 is 16.0 Å². The number of allylic oxidation sites excluding steroid dienone is 1. The van der Waals surface area contributed by atoms with Gasteiger partial charge >= 0.3 is 0 Å². The number of nitrogens with zero attached hydrogens (tertiary/aromatic N) is 2. The first-order valence-electron chi connectivity index (χ1n) is 9.01. The lowest BCUT2D eigenvalue weighted by Crippen LogP contribution is -2.43. The van der Waals surface area contributed by atoms with Crippen molar-refractivity contribution in [2.75, 3.05) is 31.1 Å². The molecule has 2 aliphatic heterocycles. The largest absolute Gasteiger partial charge is 0.384 e. The van der Waals surface area contributed by atoms with Gasteiger partial charge in [0.05, 0.1) is 13.1 Å². The molecule has 3 N–H and O–H groups in total. The SMILES string of the molecule is C/C=C\CN=C(N)C1=C(NC2CCS(=O)C2)CCN(C(C)=O)C1.CC. The number of rotatable bonds is 5. The summed E-state index contributed by atoms with van der Waals surface area (Å²) in [6, 6.07) is 0.230. The topological polar surface area (TPSA) is 87.8 Å². The molecule has 2 heterocycles. The Bertz CT molecular complexity index is 569. The van der Waals surface area contributed by atoms with Crippen LogP contribution in [-0.4, -0.2) is 58.0 Å². The molecule has 1 amide bonds. The first-order valence-corrected chi connectivity index (χ1v) is 10.5. The molecule has 0 aromatic carbocycles. The highest BCUT2D eigenvalue weighted by Gasteiger charge is 2.27. The Morgan fingerprint density at radius 3 is 2.76 bits per heavy atom. The number of amidine groups is 1. The number of aliphatic imine (C=N–C) groups is 1. The number of hydrogen-bond acceptors (Lipinski definition) is 4. The van der Waals surface area contributed by atoms with E-state index in [1.807, 2.05) is 32.9 Å². The van der Waals surface area contributed by atoms with E-state index in [0.29, 0.717) is 31.2 Å². The molecule has 2 unspecified atom stereocenters. The van der Waals surface area contributed by atoms with Crippen molar-refractivity contribution < 1.29 is 9.00 Å². The predicted molar refractivity (Wildman–Crippen MR) is 106 cm³/mol. The van der Waals surface area contributed by atoms with Crippen LogP contribution < -0.4 is 11.1 Å². The Kier molecular flexibility index (Phi) is 9.49. The van der Waals surface area contributed by atoms with Crippen molar-refractivity contribution >= 4 is 22.5 Å². The maximum Gasteiger partial charge on any atom is 0.219 e. The summed E-state index contributed by atoms with van der Waals surface area (Å²) in [5.41, 5.74) is 8.11. The van der Waals surface area contributed by atoms with Gasteiger partial charge in [0.15, 0.2) is 0 Å². The predicted octanol–water partition coefficient (Wildman–Crippen LogP) is 1.56. The Morgan fingerprint density at radius 2 is 2.20 bits per heavy atom. The molecule has 2 aliphatic rings. The summed E-state index contributed by atoms with van der Waals surface area (Å²) >= 11 is 0. The molecule has 0 saturated carbocycles. The second kappa shape index (κ2) is 11.1. The average Bonchev–Trinajstić information content (AvgIpc) is 3.02. The van der Waals surface area contributed by atoms with E-state index in [4.69, 9.17) is 5.73 Å². The van der Waals surface area contributed by atoms with Gasteiger partial charge in [0.25, 0.3) is 0 Å². The third kappa shape index (κ3) is 6.65. The molecular weight excluding hydrogens is 336 g/mol. The number of carbonyl (C=O) groups excluding carboxylic acids is 1. The van der Waals surface area contributed by atoms with Crippen molar-refractivity contribution in [3.8, 4) is 0 Å². The van der Waals surface area contributed by atoms with Crippen LogP contribution in [-0.2, 0) is 15.6 Å². The number of carbonyl (C=O) groups is 1. The third-order valence-electron chi connectivity index (χ3n) is 4.16. The second-order valence-electron chi connectivity index (χ2n) is 5.88. The molecule has 7 heteroatoms. The normalized spacial score (nSPS) is 24.3. The highest BCUT2D eigenvalue weighted by Crippen LogP contribution is 2.19. The van der Waals surface area contributed by atoms with Crippen molar-refractivity contribution in [2.45, 2.75) is 46.6 Å². The minimum atomic E-state index is -0.720. The minimum Gasteiger partial charge on any atom is -0.384 e. The van der Waals surface area contributed by atoms with Crippen molar-refractivity contribution in [3.63, 3.8) is 0 Å². The Hall–Kier alpha value is -1.63. The van der Waals surface area contributed by atoms with E-state index in [2.05, 4.69) is 10.3 Å². The summed E-state index contributed by atoms with van der Waals surface area (Å²) in [6.07, 6.45) is 5.51. The fraction of sp³-hybridized carbons (Fsp3) is 0.667. The zero-order valence-electron chi connectivity index (χ0n) is 15.9. The minimum absolute atomic E-state index is 0.0461. The summed E-state index contributed by atoms with van der Waals surface area (Å²) in [7, 11) is -0.720. The van der Waals surface area contributed by atoms with Gasteiger partial charge in [0, 0.05) is 59.5 Å². The molecule has 0 bridgehead atoms. The number of hydrogen-bond donors (Lipinski definition) is 2. The van der Waals surface area contributed by atoms with Gasteiger partial charge in [0.2, 0.25) is 5.91 Å². The van der Waals surface area contributed by atoms with Gasteiger partial charge in [-0.3, -0.25) is 14.0 Å². The first kappa shape index (κ1) is 21.4. The lowest BCUT2D eigenvalue weighted by atomic mass is 10.0. The Morgan fingerprint density at radius 1 is 1.48 bits per heavy atom. The van der Waals surface area contributed by atoms with Crippen LogP contribution in [0.3, 0.4) is 0 Å². The summed E-state index contributed by atoms with van der Waals surface area (Å²) < 4.78 is 11.6. The zero-order chi connectivity index (χ0) is 18.8. The average molecular weight is 369 g/mol. The number of nitrogens with two attached hydrogens (primary N) is 1. The molecular formula is C18H32N4O2S. The maximum absolute atomic E-state index is 11.7. The molecule has 0 radical (unpaired) electrons. The lowest BCUT2D eigenvalue weighted by Gasteiger charge is -2.31. The Balaban J connectivity index is 0.00000151. The molecule has 0 aromatic rings. The number of nitrogens with one attached hydrogen (secondary N) is 1. The summed E-state index contributed by atoms with van der Waals surface area (Å²) in [4.78, 5) is 17.8. The van der Waals surface area contributed by atoms with E-state index >= 15 is 0 Å². The second-order valence-corrected chi connectivity index (χ2v) is 7.50. The van der Waals surface area contributed by atoms with E-state index in [0.717, 1.165) is 29.9 Å². The van der Waals surface area contributed by atoms with Crippen LogP contribution >= 0.6 is 0 Å². The highest BCUT2D eigenvalue weighted by atomic mass is 32.2. The molecule has 2 atom stereocenters. The van der Waals surface area contributed by atoms with Crippen LogP contribution in [0.2, 0.25) is 0 Å². The van der Waals surface area contributed by atoms with Gasteiger partial charge in [0.1, 0.15) is 5.84 Å². The fourth-order valence-electron chi connectivity index (χ4n) is 2.80. The smallest absolute Gasteiger partial charge is 0.219 e. The first-order chi connectivity index (χ1) is 12.0. The van der Waals surface area contributed by atoms with Crippen molar-refractivity contribution in [1.82, 2.24) is 10.2 Å². The standard InChI is InChI=1S/C16H26N4O2S.C2H6/c1-3-4-7-18-16(17)14-10-20(12(2)21)8-5-15(14)19-13-6-9-23(22)11-13;1-2/h3-4,13,19H,5-11H2,1-2H3,(H2,17,18);1-2H3/b4-3-;. The maximum atomic E-state index is 11.7. The molecule has 0 spiro atoms. The van der Waals surface area contributed by atoms with E-state index in [1.54, 1.807) is 11.8 Å². The number of amides is 1. The Labute approximate surface area is 154 Å². The van der Waals surface area contributed by atoms with E-state index in [1.165, 1.54) is 0 Å². The van der Waals surface area contributed by atoms with E-state index in [9.17, 15) is 9.00 Å². The molecule has 1 fully saturated rings.